The topological polar surface area (TPSA) is 58.0 Å². The Hall–Kier alpha value is -2.24. The van der Waals surface area contributed by atoms with Crippen LogP contribution in [0.25, 0.3) is 11.3 Å². The molecule has 2 aromatic heterocycles. The summed E-state index contributed by atoms with van der Waals surface area (Å²) < 4.78 is 0. The van der Waals surface area contributed by atoms with Crippen LogP contribution in [0.1, 0.15) is 11.7 Å². The molecule has 1 atom stereocenters. The molecule has 0 bridgehead atoms. The van der Waals surface area contributed by atoms with Crippen molar-refractivity contribution in [1.29, 1.82) is 0 Å². The van der Waals surface area contributed by atoms with Crippen molar-refractivity contribution in [3.05, 3.63) is 65.1 Å². The molecule has 0 saturated heterocycles. The molecule has 0 aliphatic rings. The maximum absolute atomic E-state index is 10.1. The lowest BCUT2D eigenvalue weighted by Gasteiger charge is -2.12. The highest BCUT2D eigenvalue weighted by atomic mass is 32.1. The number of hydrogen-bond acceptors (Lipinski definition) is 5. The molecule has 3 rings (SSSR count). The van der Waals surface area contributed by atoms with Crippen LogP contribution in [0.4, 0.5) is 5.82 Å². The molecule has 106 valence electrons. The lowest BCUT2D eigenvalue weighted by molar-refractivity contribution is 0.191. The summed E-state index contributed by atoms with van der Waals surface area (Å²) in [7, 11) is 0. The maximum Gasteiger partial charge on any atom is 0.130 e. The predicted octanol–water partition coefficient (Wildman–Crippen LogP) is 3.35. The Morgan fingerprint density at radius 1 is 1.14 bits per heavy atom. The van der Waals surface area contributed by atoms with Gasteiger partial charge >= 0.3 is 0 Å². The van der Waals surface area contributed by atoms with E-state index >= 15 is 0 Å². The van der Waals surface area contributed by atoms with Gasteiger partial charge in [-0.3, -0.25) is 0 Å². The number of rotatable bonds is 5. The van der Waals surface area contributed by atoms with E-state index in [9.17, 15) is 5.11 Å². The second-order valence-corrected chi connectivity index (χ2v) is 5.39. The number of aromatic nitrogens is 2. The zero-order chi connectivity index (χ0) is 14.5. The fourth-order valence-corrected chi connectivity index (χ4v) is 2.67. The van der Waals surface area contributed by atoms with Gasteiger partial charge in [0.25, 0.3) is 0 Å². The highest BCUT2D eigenvalue weighted by molar-refractivity contribution is 7.08. The number of anilines is 1. The van der Waals surface area contributed by atoms with Gasteiger partial charge in [0, 0.05) is 23.6 Å². The molecule has 2 heterocycles. The molecule has 0 saturated carbocycles. The van der Waals surface area contributed by atoms with Gasteiger partial charge in [-0.15, -0.1) is 0 Å². The zero-order valence-corrected chi connectivity index (χ0v) is 12.1. The molecule has 1 unspecified atom stereocenters. The predicted molar refractivity (Wildman–Crippen MR) is 85.2 cm³/mol. The highest BCUT2D eigenvalue weighted by Crippen LogP contribution is 2.21. The van der Waals surface area contributed by atoms with E-state index in [1.165, 1.54) is 6.33 Å². The third-order valence-corrected chi connectivity index (χ3v) is 3.83. The number of aliphatic hydroxyl groups excluding tert-OH is 1. The SMILES string of the molecule is OC(CNc1cc(-c2ccsc2)ncn1)c1ccccc1. The molecule has 2 N–H and O–H groups in total. The Kier molecular flexibility index (Phi) is 4.23. The van der Waals surface area contributed by atoms with Gasteiger partial charge in [-0.1, -0.05) is 30.3 Å². The molecule has 1 aromatic carbocycles. The normalized spacial score (nSPS) is 12.0. The van der Waals surface area contributed by atoms with Crippen molar-refractivity contribution in [2.24, 2.45) is 0 Å². The largest absolute Gasteiger partial charge is 0.387 e. The lowest BCUT2D eigenvalue weighted by Crippen LogP contribution is -2.13. The molecule has 0 aliphatic carbocycles. The van der Waals surface area contributed by atoms with Crippen molar-refractivity contribution in [2.75, 3.05) is 11.9 Å². The van der Waals surface area contributed by atoms with Gasteiger partial charge in [-0.25, -0.2) is 9.97 Å². The summed E-state index contributed by atoms with van der Waals surface area (Å²) in [6, 6.07) is 13.5. The van der Waals surface area contributed by atoms with Crippen LogP contribution in [0, 0.1) is 0 Å². The van der Waals surface area contributed by atoms with E-state index in [0.717, 1.165) is 16.8 Å². The van der Waals surface area contributed by atoms with Crippen molar-refractivity contribution in [3.8, 4) is 11.3 Å². The van der Waals surface area contributed by atoms with Gasteiger partial charge in [0.2, 0.25) is 0 Å². The average Bonchev–Trinajstić information content (AvgIpc) is 3.08. The summed E-state index contributed by atoms with van der Waals surface area (Å²) in [5, 5.41) is 17.3. The van der Waals surface area contributed by atoms with Gasteiger partial charge in [-0.2, -0.15) is 11.3 Å². The summed E-state index contributed by atoms with van der Waals surface area (Å²) in [5.74, 6) is 0.709. The Morgan fingerprint density at radius 2 is 2.00 bits per heavy atom. The molecule has 0 fully saturated rings. The van der Waals surface area contributed by atoms with Crippen molar-refractivity contribution in [1.82, 2.24) is 9.97 Å². The number of aliphatic hydroxyl groups is 1. The van der Waals surface area contributed by atoms with E-state index < -0.39 is 6.10 Å². The average molecular weight is 297 g/mol. The van der Waals surface area contributed by atoms with Crippen molar-refractivity contribution < 1.29 is 5.11 Å². The Bertz CT molecular complexity index is 686. The molecule has 21 heavy (non-hydrogen) atoms. The monoisotopic (exact) mass is 297 g/mol. The number of hydrogen-bond donors (Lipinski definition) is 2. The van der Waals surface area contributed by atoms with Gasteiger partial charge in [0.05, 0.1) is 11.8 Å². The molecule has 3 aromatic rings. The highest BCUT2D eigenvalue weighted by Gasteiger charge is 2.07. The van der Waals surface area contributed by atoms with E-state index in [1.807, 2.05) is 53.2 Å². The van der Waals surface area contributed by atoms with E-state index in [-0.39, 0.29) is 0 Å². The summed E-state index contributed by atoms with van der Waals surface area (Å²) in [6.07, 6.45) is 0.968. The van der Waals surface area contributed by atoms with Gasteiger partial charge in [0.1, 0.15) is 12.1 Å². The van der Waals surface area contributed by atoms with Crippen LogP contribution in [0.5, 0.6) is 0 Å². The van der Waals surface area contributed by atoms with Gasteiger partial charge < -0.3 is 10.4 Å². The maximum atomic E-state index is 10.1. The smallest absolute Gasteiger partial charge is 0.130 e. The lowest BCUT2D eigenvalue weighted by atomic mass is 10.1. The molecule has 5 heteroatoms. The number of nitrogens with one attached hydrogen (secondary N) is 1. The number of benzene rings is 1. The third-order valence-electron chi connectivity index (χ3n) is 3.14. The minimum atomic E-state index is -0.564. The van der Waals surface area contributed by atoms with Crippen LogP contribution in [0.2, 0.25) is 0 Å². The Balaban J connectivity index is 1.67. The second-order valence-electron chi connectivity index (χ2n) is 4.61. The van der Waals surface area contributed by atoms with Crippen molar-refractivity contribution in [3.63, 3.8) is 0 Å². The molecular formula is C16H15N3OS. The Labute approximate surface area is 127 Å². The molecule has 0 amide bonds. The molecule has 0 radical (unpaired) electrons. The van der Waals surface area contributed by atoms with Gasteiger partial charge in [0.15, 0.2) is 0 Å². The third kappa shape index (κ3) is 3.45. The quantitative estimate of drug-likeness (QED) is 0.758. The van der Waals surface area contributed by atoms with E-state index in [4.69, 9.17) is 0 Å². The fourth-order valence-electron chi connectivity index (χ4n) is 2.02. The van der Waals surface area contributed by atoms with Gasteiger partial charge in [-0.05, 0) is 17.0 Å². The van der Waals surface area contributed by atoms with Crippen LogP contribution < -0.4 is 5.32 Å². The second kappa shape index (κ2) is 6.47. The van der Waals surface area contributed by atoms with Crippen LogP contribution >= 0.6 is 11.3 Å². The van der Waals surface area contributed by atoms with Crippen LogP contribution in [-0.2, 0) is 0 Å². The molecular weight excluding hydrogens is 282 g/mol. The Morgan fingerprint density at radius 3 is 2.76 bits per heavy atom. The summed E-state index contributed by atoms with van der Waals surface area (Å²) in [6.45, 7) is 0.407. The zero-order valence-electron chi connectivity index (χ0n) is 11.3. The summed E-state index contributed by atoms with van der Waals surface area (Å²) in [5.41, 5.74) is 2.84. The first kappa shape index (κ1) is 13.7. The van der Waals surface area contributed by atoms with Crippen LogP contribution in [-0.4, -0.2) is 21.6 Å². The summed E-state index contributed by atoms with van der Waals surface area (Å²) in [4.78, 5) is 8.45. The van der Waals surface area contributed by atoms with E-state index in [2.05, 4.69) is 15.3 Å². The number of nitrogens with zero attached hydrogens (tertiary/aromatic N) is 2. The minimum absolute atomic E-state index is 0.407. The first-order valence-electron chi connectivity index (χ1n) is 6.64. The van der Waals surface area contributed by atoms with Crippen LogP contribution in [0.15, 0.2) is 59.6 Å². The first-order chi connectivity index (χ1) is 10.3. The fraction of sp³-hybridized carbons (Fsp3) is 0.125. The van der Waals surface area contributed by atoms with E-state index in [0.29, 0.717) is 12.4 Å². The van der Waals surface area contributed by atoms with Crippen molar-refractivity contribution >= 4 is 17.2 Å². The molecule has 4 nitrogen and oxygen atoms in total. The van der Waals surface area contributed by atoms with Crippen molar-refractivity contribution in [2.45, 2.75) is 6.10 Å². The first-order valence-corrected chi connectivity index (χ1v) is 7.59. The molecule has 0 spiro atoms. The standard InChI is InChI=1S/C16H15N3OS/c20-15(12-4-2-1-3-5-12)9-17-16-8-14(18-11-19-16)13-6-7-21-10-13/h1-8,10-11,15,20H,9H2,(H,17,18,19). The minimum Gasteiger partial charge on any atom is -0.387 e. The van der Waals surface area contributed by atoms with Crippen LogP contribution in [0.3, 0.4) is 0 Å². The number of thiophene rings is 1. The summed E-state index contributed by atoms with van der Waals surface area (Å²) >= 11 is 1.63. The van der Waals surface area contributed by atoms with E-state index in [1.54, 1.807) is 11.3 Å². The molecule has 0 aliphatic heterocycles.